The van der Waals surface area contributed by atoms with Gasteiger partial charge in [-0.05, 0) is 36.7 Å². The Morgan fingerprint density at radius 3 is 2.67 bits per heavy atom. The summed E-state index contributed by atoms with van der Waals surface area (Å²) in [5.74, 6) is 7.23. The van der Waals surface area contributed by atoms with E-state index in [-0.39, 0.29) is 11.9 Å². The molecule has 0 aliphatic carbocycles. The average molecular weight is 505 g/mol. The zero-order valence-corrected chi connectivity index (χ0v) is 21.5. The third-order valence-electron chi connectivity index (χ3n) is 5.10. The molecule has 0 saturated heterocycles. The van der Waals surface area contributed by atoms with Crippen LogP contribution in [0.2, 0.25) is 5.02 Å². The number of nitrogens with one attached hydrogen (secondary N) is 4. The minimum absolute atomic E-state index is 0.289. The summed E-state index contributed by atoms with van der Waals surface area (Å²) in [5, 5.41) is 12.6. The molecule has 0 fully saturated rings. The van der Waals surface area contributed by atoms with Crippen LogP contribution >= 0.6 is 11.6 Å². The van der Waals surface area contributed by atoms with Gasteiger partial charge in [0, 0.05) is 11.8 Å². The third-order valence-corrected chi connectivity index (χ3v) is 5.37. The number of amides is 1. The van der Waals surface area contributed by atoms with Gasteiger partial charge in [-0.25, -0.2) is 4.98 Å². The standard InChI is InChI=1S/C27H29ClN6O2/c1-6-25(35)31-22-15-23(24(36-5)14-18(22)10-9-13-29-4)33-27-30-16-20(28)26(34-27)32-21-12-8-7-11-19(21)17(2)3/h6-8,11-12,14-17,29H,1,13H2,2-5H3,(H,31,35)(H2,30,32,33,34). The number of benzene rings is 2. The number of anilines is 5. The number of hydrogen-bond donors (Lipinski definition) is 4. The molecule has 3 aromatic rings. The molecular weight excluding hydrogens is 476 g/mol. The number of hydrogen-bond acceptors (Lipinski definition) is 7. The molecule has 0 saturated carbocycles. The summed E-state index contributed by atoms with van der Waals surface area (Å²) in [6.45, 7) is 8.25. The number of halogens is 1. The van der Waals surface area contributed by atoms with Gasteiger partial charge in [-0.1, -0.05) is 62.1 Å². The molecule has 0 aliphatic heterocycles. The molecule has 36 heavy (non-hydrogen) atoms. The van der Waals surface area contributed by atoms with Gasteiger partial charge in [0.2, 0.25) is 11.9 Å². The zero-order valence-electron chi connectivity index (χ0n) is 20.7. The number of ether oxygens (including phenoxy) is 1. The van der Waals surface area contributed by atoms with Gasteiger partial charge in [-0.15, -0.1) is 0 Å². The lowest BCUT2D eigenvalue weighted by atomic mass is 10.0. The molecule has 1 heterocycles. The van der Waals surface area contributed by atoms with Crippen molar-refractivity contribution in [1.82, 2.24) is 15.3 Å². The van der Waals surface area contributed by atoms with Gasteiger partial charge in [0.25, 0.3) is 0 Å². The summed E-state index contributed by atoms with van der Waals surface area (Å²) in [6, 6.07) is 11.4. The fourth-order valence-electron chi connectivity index (χ4n) is 3.34. The molecular formula is C27H29ClN6O2. The largest absolute Gasteiger partial charge is 0.495 e. The topological polar surface area (TPSA) is 100 Å². The second-order valence-electron chi connectivity index (χ2n) is 8.01. The zero-order chi connectivity index (χ0) is 26.1. The van der Waals surface area contributed by atoms with Gasteiger partial charge in [-0.2, -0.15) is 4.98 Å². The van der Waals surface area contributed by atoms with Crippen molar-refractivity contribution in [2.24, 2.45) is 0 Å². The van der Waals surface area contributed by atoms with Crippen molar-refractivity contribution in [2.75, 3.05) is 36.7 Å². The molecule has 0 radical (unpaired) electrons. The molecule has 1 aromatic heterocycles. The highest BCUT2D eigenvalue weighted by atomic mass is 35.5. The van der Waals surface area contributed by atoms with Crippen LogP contribution in [0.3, 0.4) is 0 Å². The maximum absolute atomic E-state index is 12.0. The fraction of sp³-hybridized carbons (Fsp3) is 0.222. The van der Waals surface area contributed by atoms with E-state index in [0.717, 1.165) is 11.3 Å². The molecule has 186 valence electrons. The van der Waals surface area contributed by atoms with Gasteiger partial charge < -0.3 is 26.0 Å². The highest BCUT2D eigenvalue weighted by Crippen LogP contribution is 2.34. The second-order valence-corrected chi connectivity index (χ2v) is 8.41. The van der Waals surface area contributed by atoms with Crippen LogP contribution in [0.5, 0.6) is 5.75 Å². The van der Waals surface area contributed by atoms with Gasteiger partial charge in [0.1, 0.15) is 10.8 Å². The summed E-state index contributed by atoms with van der Waals surface area (Å²) < 4.78 is 5.57. The van der Waals surface area contributed by atoms with Crippen LogP contribution in [0.1, 0.15) is 30.9 Å². The minimum Gasteiger partial charge on any atom is -0.495 e. The molecule has 0 unspecified atom stereocenters. The molecule has 3 rings (SSSR count). The Bertz CT molecular complexity index is 1310. The number of methoxy groups -OCH3 is 1. The van der Waals surface area contributed by atoms with Crippen LogP contribution in [0, 0.1) is 11.8 Å². The first-order valence-electron chi connectivity index (χ1n) is 11.3. The number of nitrogens with zero attached hydrogens (tertiary/aromatic N) is 2. The smallest absolute Gasteiger partial charge is 0.247 e. The quantitative estimate of drug-likeness (QED) is 0.227. The first-order valence-corrected chi connectivity index (χ1v) is 11.7. The van der Waals surface area contributed by atoms with E-state index in [4.69, 9.17) is 16.3 Å². The molecule has 0 spiro atoms. The molecule has 0 aliphatic rings. The Morgan fingerprint density at radius 2 is 1.97 bits per heavy atom. The highest BCUT2D eigenvalue weighted by Gasteiger charge is 2.15. The first-order chi connectivity index (χ1) is 17.4. The Hall–Kier alpha value is -4.06. The molecule has 4 N–H and O–H groups in total. The lowest BCUT2D eigenvalue weighted by Crippen LogP contribution is -2.10. The summed E-state index contributed by atoms with van der Waals surface area (Å²) in [6.07, 6.45) is 2.71. The van der Waals surface area contributed by atoms with Gasteiger partial charge >= 0.3 is 0 Å². The Kier molecular flexibility index (Phi) is 9.28. The minimum atomic E-state index is -0.360. The molecule has 2 aromatic carbocycles. The fourth-order valence-corrected chi connectivity index (χ4v) is 3.48. The van der Waals surface area contributed by atoms with E-state index >= 15 is 0 Å². The molecule has 0 bridgehead atoms. The number of rotatable bonds is 9. The van der Waals surface area contributed by atoms with E-state index in [1.807, 2.05) is 18.2 Å². The predicted octanol–water partition coefficient (Wildman–Crippen LogP) is 5.44. The lowest BCUT2D eigenvalue weighted by molar-refractivity contribution is -0.111. The van der Waals surface area contributed by atoms with Crippen LogP contribution in [0.15, 0.2) is 55.3 Å². The summed E-state index contributed by atoms with van der Waals surface area (Å²) in [4.78, 5) is 20.9. The van der Waals surface area contributed by atoms with Gasteiger partial charge in [0.05, 0.1) is 36.8 Å². The molecule has 0 atom stereocenters. The van der Waals surface area contributed by atoms with Gasteiger partial charge in [0.15, 0.2) is 5.82 Å². The average Bonchev–Trinajstić information content (AvgIpc) is 2.87. The van der Waals surface area contributed by atoms with Crippen molar-refractivity contribution in [3.8, 4) is 17.6 Å². The van der Waals surface area contributed by atoms with Crippen molar-refractivity contribution in [3.63, 3.8) is 0 Å². The molecule has 8 nitrogen and oxygen atoms in total. The maximum atomic E-state index is 12.0. The van der Waals surface area contributed by atoms with E-state index in [2.05, 4.69) is 69.6 Å². The van der Waals surface area contributed by atoms with Crippen molar-refractivity contribution in [3.05, 3.63) is 71.4 Å². The second kappa shape index (κ2) is 12.6. The normalized spacial score (nSPS) is 10.3. The van der Waals surface area contributed by atoms with E-state index in [1.165, 1.54) is 12.3 Å². The van der Waals surface area contributed by atoms with Crippen LogP contribution < -0.4 is 26.0 Å². The molecule has 9 heteroatoms. The van der Waals surface area contributed by atoms with E-state index in [0.29, 0.717) is 46.0 Å². The number of carbonyl (C=O) groups excluding carboxylic acids is 1. The highest BCUT2D eigenvalue weighted by molar-refractivity contribution is 6.32. The summed E-state index contributed by atoms with van der Waals surface area (Å²) in [7, 11) is 3.35. The van der Waals surface area contributed by atoms with Gasteiger partial charge in [-0.3, -0.25) is 4.79 Å². The van der Waals surface area contributed by atoms with Crippen LogP contribution in [0.4, 0.5) is 28.8 Å². The number of aromatic nitrogens is 2. The van der Waals surface area contributed by atoms with Crippen LogP contribution in [-0.2, 0) is 4.79 Å². The third kappa shape index (κ3) is 6.75. The first kappa shape index (κ1) is 26.5. The van der Waals surface area contributed by atoms with Crippen molar-refractivity contribution >= 4 is 46.3 Å². The van der Waals surface area contributed by atoms with Crippen molar-refractivity contribution in [1.29, 1.82) is 0 Å². The predicted molar refractivity (Wildman–Crippen MR) is 147 cm³/mol. The number of carbonyl (C=O) groups is 1. The summed E-state index contributed by atoms with van der Waals surface area (Å²) >= 11 is 6.40. The van der Waals surface area contributed by atoms with E-state index < -0.39 is 0 Å². The number of para-hydroxylation sites is 1. The lowest BCUT2D eigenvalue weighted by Gasteiger charge is -2.17. The summed E-state index contributed by atoms with van der Waals surface area (Å²) in [5.41, 5.74) is 3.67. The molecule has 1 amide bonds. The Labute approximate surface area is 216 Å². The Balaban J connectivity index is 1.98. The van der Waals surface area contributed by atoms with E-state index in [1.54, 1.807) is 26.3 Å². The Morgan fingerprint density at radius 1 is 1.19 bits per heavy atom. The van der Waals surface area contributed by atoms with Crippen molar-refractivity contribution in [2.45, 2.75) is 19.8 Å². The van der Waals surface area contributed by atoms with E-state index in [9.17, 15) is 4.79 Å². The maximum Gasteiger partial charge on any atom is 0.247 e. The monoisotopic (exact) mass is 504 g/mol. The SMILES string of the molecule is C=CC(=O)Nc1cc(Nc2ncc(Cl)c(Nc3ccccc3C(C)C)n2)c(OC)cc1C#CCNC. The van der Waals surface area contributed by atoms with Crippen LogP contribution in [0.25, 0.3) is 0 Å². The van der Waals surface area contributed by atoms with Crippen molar-refractivity contribution < 1.29 is 9.53 Å². The van der Waals surface area contributed by atoms with Crippen LogP contribution in [-0.4, -0.2) is 36.6 Å².